The highest BCUT2D eigenvalue weighted by Crippen LogP contribution is 2.25. The minimum absolute atomic E-state index is 0.142. The number of hydrogen-bond acceptors (Lipinski definition) is 3. The molecule has 1 aliphatic rings. The number of carboxylic acid groups (broad SMARTS) is 1. The van der Waals surface area contributed by atoms with Crippen molar-refractivity contribution in [2.24, 2.45) is 5.92 Å². The van der Waals surface area contributed by atoms with Gasteiger partial charge in [-0.15, -0.1) is 0 Å². The first-order valence-corrected chi connectivity index (χ1v) is 7.10. The van der Waals surface area contributed by atoms with E-state index >= 15 is 0 Å². The number of halogens is 3. The number of carbonyl (C=O) groups excluding carboxylic acids is 1. The van der Waals surface area contributed by atoms with Crippen molar-refractivity contribution >= 4 is 12.0 Å². The predicted molar refractivity (Wildman–Crippen MR) is 71.4 cm³/mol. The van der Waals surface area contributed by atoms with E-state index in [-0.39, 0.29) is 24.9 Å². The smallest absolute Gasteiger partial charge is 0.414 e. The van der Waals surface area contributed by atoms with Crippen molar-refractivity contribution < 1.29 is 32.6 Å². The monoisotopic (exact) mass is 326 g/mol. The zero-order chi connectivity index (χ0) is 16.8. The molecule has 1 saturated carbocycles. The summed E-state index contributed by atoms with van der Waals surface area (Å²) in [5, 5.41) is 13.9. The van der Waals surface area contributed by atoms with E-state index in [1.165, 1.54) is 0 Å². The lowest BCUT2D eigenvalue weighted by atomic mass is 9.86. The molecular formula is C13H21F3N2O4. The Morgan fingerprint density at radius 1 is 1.27 bits per heavy atom. The van der Waals surface area contributed by atoms with Crippen LogP contribution in [0.3, 0.4) is 0 Å². The molecule has 0 aromatic heterocycles. The molecule has 0 aliphatic heterocycles. The molecule has 2 amide bonds. The van der Waals surface area contributed by atoms with Gasteiger partial charge in [-0.2, -0.15) is 13.2 Å². The van der Waals surface area contributed by atoms with Crippen LogP contribution in [-0.4, -0.2) is 49.1 Å². The summed E-state index contributed by atoms with van der Waals surface area (Å²) in [6.45, 7) is -0.158. The van der Waals surface area contributed by atoms with Crippen LogP contribution in [0.1, 0.15) is 32.1 Å². The number of nitrogens with one attached hydrogen (secondary N) is 2. The van der Waals surface area contributed by atoms with E-state index in [4.69, 9.17) is 5.11 Å². The highest BCUT2D eigenvalue weighted by molar-refractivity contribution is 5.74. The highest BCUT2D eigenvalue weighted by atomic mass is 19.4. The predicted octanol–water partition coefficient (Wildman–Crippen LogP) is 1.90. The van der Waals surface area contributed by atoms with Crippen LogP contribution in [0.5, 0.6) is 0 Å². The van der Waals surface area contributed by atoms with Crippen molar-refractivity contribution in [2.45, 2.75) is 50.4 Å². The summed E-state index contributed by atoms with van der Waals surface area (Å²) in [5.74, 6) is -1.21. The molecule has 0 spiro atoms. The molecule has 128 valence electrons. The van der Waals surface area contributed by atoms with Gasteiger partial charge in [0.1, 0.15) is 0 Å². The van der Waals surface area contributed by atoms with Crippen molar-refractivity contribution in [3.63, 3.8) is 0 Å². The van der Waals surface area contributed by atoms with Crippen LogP contribution >= 0.6 is 0 Å². The third-order valence-corrected chi connectivity index (χ3v) is 3.75. The summed E-state index contributed by atoms with van der Waals surface area (Å²) in [6, 6.07) is -0.688. The van der Waals surface area contributed by atoms with Gasteiger partial charge < -0.3 is 20.5 Å². The first-order valence-electron chi connectivity index (χ1n) is 7.10. The number of hydrogen-bond donors (Lipinski definition) is 3. The van der Waals surface area contributed by atoms with Crippen molar-refractivity contribution in [3.05, 3.63) is 0 Å². The number of methoxy groups -OCH3 is 1. The molecule has 0 heterocycles. The summed E-state index contributed by atoms with van der Waals surface area (Å²) in [7, 11) is 0.971. The molecule has 1 atom stereocenters. The first-order chi connectivity index (χ1) is 10.2. The highest BCUT2D eigenvalue weighted by Gasteiger charge is 2.39. The third-order valence-electron chi connectivity index (χ3n) is 3.75. The number of ether oxygens (including phenoxy) is 1. The van der Waals surface area contributed by atoms with E-state index in [1.54, 1.807) is 0 Å². The summed E-state index contributed by atoms with van der Waals surface area (Å²) in [5.41, 5.74) is 0. The molecule has 1 unspecified atom stereocenters. The van der Waals surface area contributed by atoms with Gasteiger partial charge in [0.25, 0.3) is 0 Å². The van der Waals surface area contributed by atoms with E-state index < -0.39 is 24.3 Å². The van der Waals surface area contributed by atoms with E-state index in [1.807, 2.05) is 0 Å². The Kier molecular flexibility index (Phi) is 6.92. The van der Waals surface area contributed by atoms with Crippen LogP contribution in [0.4, 0.5) is 18.0 Å². The minimum Gasteiger partial charge on any atom is -0.481 e. The first kappa shape index (κ1) is 18.5. The van der Waals surface area contributed by atoms with Gasteiger partial charge in [-0.1, -0.05) is 0 Å². The average Bonchev–Trinajstić information content (AvgIpc) is 2.42. The maximum atomic E-state index is 12.4. The Morgan fingerprint density at radius 2 is 1.86 bits per heavy atom. The lowest BCUT2D eigenvalue weighted by molar-refractivity contribution is -0.213. The zero-order valence-electron chi connectivity index (χ0n) is 12.3. The molecule has 0 radical (unpaired) electrons. The Labute approximate surface area is 126 Å². The third kappa shape index (κ3) is 6.08. The second kappa shape index (κ2) is 8.21. The normalized spacial score (nSPS) is 23.6. The van der Waals surface area contributed by atoms with Crippen molar-refractivity contribution in [1.29, 1.82) is 0 Å². The largest absolute Gasteiger partial charge is 0.481 e. The standard InChI is InChI=1S/C13H21F3N2O4/c1-22-10(13(14,15)16)6-7-17-12(21)18-9-4-2-8(3-5-9)11(19)20/h8-10H,2-7H2,1H3,(H,19,20)(H2,17,18,21). The summed E-state index contributed by atoms with van der Waals surface area (Å²) in [6.07, 6.45) is -4.65. The fourth-order valence-corrected chi connectivity index (χ4v) is 2.45. The van der Waals surface area contributed by atoms with E-state index in [9.17, 15) is 22.8 Å². The van der Waals surface area contributed by atoms with Gasteiger partial charge >= 0.3 is 18.2 Å². The topological polar surface area (TPSA) is 87.7 Å². The Bertz CT molecular complexity index is 382. The molecule has 1 aliphatic carbocycles. The molecule has 1 fully saturated rings. The maximum Gasteiger partial charge on any atom is 0.414 e. The molecule has 6 nitrogen and oxygen atoms in total. The summed E-state index contributed by atoms with van der Waals surface area (Å²) < 4.78 is 41.6. The van der Waals surface area contributed by atoms with Crippen LogP contribution in [0.15, 0.2) is 0 Å². The SMILES string of the molecule is COC(CCNC(=O)NC1CCC(C(=O)O)CC1)C(F)(F)F. The van der Waals surface area contributed by atoms with Gasteiger partial charge in [-0.05, 0) is 32.1 Å². The summed E-state index contributed by atoms with van der Waals surface area (Å²) >= 11 is 0. The molecule has 3 N–H and O–H groups in total. The second-order valence-electron chi connectivity index (χ2n) is 5.34. The van der Waals surface area contributed by atoms with Crippen LogP contribution in [-0.2, 0) is 9.53 Å². The van der Waals surface area contributed by atoms with Gasteiger partial charge in [0, 0.05) is 19.7 Å². The fourth-order valence-electron chi connectivity index (χ4n) is 2.45. The van der Waals surface area contributed by atoms with Crippen LogP contribution in [0.25, 0.3) is 0 Å². The zero-order valence-corrected chi connectivity index (χ0v) is 12.3. The van der Waals surface area contributed by atoms with E-state index in [2.05, 4.69) is 15.4 Å². The van der Waals surface area contributed by atoms with Gasteiger partial charge in [-0.3, -0.25) is 4.79 Å². The van der Waals surface area contributed by atoms with Gasteiger partial charge in [0.2, 0.25) is 0 Å². The molecule has 0 saturated heterocycles. The van der Waals surface area contributed by atoms with Gasteiger partial charge in [-0.25, -0.2) is 4.79 Å². The van der Waals surface area contributed by atoms with Crippen molar-refractivity contribution in [3.8, 4) is 0 Å². The molecule has 0 aromatic rings. The average molecular weight is 326 g/mol. The second-order valence-corrected chi connectivity index (χ2v) is 5.34. The molecule has 9 heteroatoms. The Hall–Kier alpha value is -1.51. The minimum atomic E-state index is -4.46. The Morgan fingerprint density at radius 3 is 2.32 bits per heavy atom. The number of alkyl halides is 3. The number of carbonyl (C=O) groups is 2. The van der Waals surface area contributed by atoms with Crippen molar-refractivity contribution in [2.75, 3.05) is 13.7 Å². The number of aliphatic carboxylic acids is 1. The quantitative estimate of drug-likeness (QED) is 0.696. The molecular weight excluding hydrogens is 305 g/mol. The molecule has 1 rings (SSSR count). The van der Waals surface area contributed by atoms with Crippen LogP contribution < -0.4 is 10.6 Å². The molecule has 0 bridgehead atoms. The summed E-state index contributed by atoms with van der Waals surface area (Å²) in [4.78, 5) is 22.4. The molecule has 22 heavy (non-hydrogen) atoms. The maximum absolute atomic E-state index is 12.4. The Balaban J connectivity index is 2.23. The number of urea groups is 1. The lowest BCUT2D eigenvalue weighted by Gasteiger charge is -2.27. The van der Waals surface area contributed by atoms with Gasteiger partial charge in [0.05, 0.1) is 5.92 Å². The number of carboxylic acids is 1. The van der Waals surface area contributed by atoms with Crippen molar-refractivity contribution in [1.82, 2.24) is 10.6 Å². The fraction of sp³-hybridized carbons (Fsp3) is 0.846. The number of rotatable bonds is 6. The van der Waals surface area contributed by atoms with E-state index in [0.29, 0.717) is 25.7 Å². The van der Waals surface area contributed by atoms with E-state index in [0.717, 1.165) is 7.11 Å². The van der Waals surface area contributed by atoms with Crippen LogP contribution in [0, 0.1) is 5.92 Å². The lowest BCUT2D eigenvalue weighted by Crippen LogP contribution is -2.45. The van der Waals surface area contributed by atoms with Crippen LogP contribution in [0.2, 0.25) is 0 Å². The van der Waals surface area contributed by atoms with Gasteiger partial charge in [0.15, 0.2) is 6.10 Å². The number of amides is 2. The molecule has 0 aromatic carbocycles.